The van der Waals surface area contributed by atoms with Gasteiger partial charge in [-0.05, 0) is 18.1 Å². The standard InChI is InChI=1S/C11H12O/c1-10(6-5-9-12)11-7-3-2-4-8-11/h2-4,6-9H,5H2,1H3/b10-6+. The van der Waals surface area contributed by atoms with Crippen LogP contribution in [0.5, 0.6) is 0 Å². The number of allylic oxidation sites excluding steroid dienone is 2. The van der Waals surface area contributed by atoms with Crippen molar-refractivity contribution in [1.29, 1.82) is 0 Å². The van der Waals surface area contributed by atoms with E-state index in [-0.39, 0.29) is 0 Å². The maximum absolute atomic E-state index is 10.1. The molecule has 0 unspecified atom stereocenters. The van der Waals surface area contributed by atoms with Crippen LogP contribution in [-0.4, -0.2) is 6.29 Å². The van der Waals surface area contributed by atoms with Crippen LogP contribution >= 0.6 is 0 Å². The third-order valence-electron chi connectivity index (χ3n) is 1.75. The van der Waals surface area contributed by atoms with Crippen molar-refractivity contribution < 1.29 is 4.79 Å². The van der Waals surface area contributed by atoms with Gasteiger partial charge in [-0.25, -0.2) is 0 Å². The van der Waals surface area contributed by atoms with E-state index in [1.54, 1.807) is 0 Å². The molecule has 0 heterocycles. The molecule has 12 heavy (non-hydrogen) atoms. The van der Waals surface area contributed by atoms with Crippen LogP contribution in [0.3, 0.4) is 0 Å². The van der Waals surface area contributed by atoms with Crippen LogP contribution in [0.1, 0.15) is 18.9 Å². The van der Waals surface area contributed by atoms with Crippen LogP contribution in [0, 0.1) is 0 Å². The summed E-state index contributed by atoms with van der Waals surface area (Å²) in [5.74, 6) is 0. The molecule has 1 heteroatoms. The van der Waals surface area contributed by atoms with Crippen LogP contribution in [-0.2, 0) is 4.79 Å². The van der Waals surface area contributed by atoms with Crippen molar-refractivity contribution in [3.63, 3.8) is 0 Å². The monoisotopic (exact) mass is 160 g/mol. The molecule has 0 saturated carbocycles. The van der Waals surface area contributed by atoms with Gasteiger partial charge in [-0.15, -0.1) is 0 Å². The van der Waals surface area contributed by atoms with E-state index in [1.165, 1.54) is 5.56 Å². The zero-order chi connectivity index (χ0) is 8.81. The molecular weight excluding hydrogens is 148 g/mol. The highest BCUT2D eigenvalue weighted by molar-refractivity contribution is 5.66. The van der Waals surface area contributed by atoms with Gasteiger partial charge in [0.2, 0.25) is 0 Å². The molecule has 0 aromatic heterocycles. The second-order valence-electron chi connectivity index (χ2n) is 2.66. The van der Waals surface area contributed by atoms with Crippen LogP contribution in [0.4, 0.5) is 0 Å². The molecule has 0 saturated heterocycles. The molecule has 0 aliphatic heterocycles. The van der Waals surface area contributed by atoms with Gasteiger partial charge in [-0.3, -0.25) is 0 Å². The van der Waals surface area contributed by atoms with E-state index < -0.39 is 0 Å². The summed E-state index contributed by atoms with van der Waals surface area (Å²) in [7, 11) is 0. The van der Waals surface area contributed by atoms with Crippen molar-refractivity contribution in [2.45, 2.75) is 13.3 Å². The van der Waals surface area contributed by atoms with Crippen molar-refractivity contribution in [1.82, 2.24) is 0 Å². The van der Waals surface area contributed by atoms with Gasteiger partial charge in [0.25, 0.3) is 0 Å². The second kappa shape index (κ2) is 4.50. The molecule has 0 N–H and O–H groups in total. The Morgan fingerprint density at radius 3 is 2.58 bits per heavy atom. The summed E-state index contributed by atoms with van der Waals surface area (Å²) in [6.07, 6.45) is 3.34. The van der Waals surface area contributed by atoms with E-state index in [0.717, 1.165) is 11.9 Å². The zero-order valence-corrected chi connectivity index (χ0v) is 7.16. The van der Waals surface area contributed by atoms with E-state index in [0.29, 0.717) is 6.42 Å². The molecule has 0 aliphatic rings. The van der Waals surface area contributed by atoms with Gasteiger partial charge in [-0.1, -0.05) is 36.4 Å². The summed E-state index contributed by atoms with van der Waals surface area (Å²) >= 11 is 0. The van der Waals surface area contributed by atoms with Crippen molar-refractivity contribution in [3.05, 3.63) is 42.0 Å². The van der Waals surface area contributed by atoms with Crippen molar-refractivity contribution in [2.75, 3.05) is 0 Å². The van der Waals surface area contributed by atoms with Crippen molar-refractivity contribution in [3.8, 4) is 0 Å². The van der Waals surface area contributed by atoms with Crippen LogP contribution in [0.15, 0.2) is 36.4 Å². The minimum atomic E-state index is 0.501. The molecule has 0 spiro atoms. The van der Waals surface area contributed by atoms with E-state index in [4.69, 9.17) is 0 Å². The lowest BCUT2D eigenvalue weighted by atomic mass is 10.1. The minimum absolute atomic E-state index is 0.501. The van der Waals surface area contributed by atoms with E-state index in [1.807, 2.05) is 43.3 Å². The minimum Gasteiger partial charge on any atom is -0.303 e. The topological polar surface area (TPSA) is 17.1 Å². The maximum Gasteiger partial charge on any atom is 0.123 e. The van der Waals surface area contributed by atoms with Crippen LogP contribution in [0.2, 0.25) is 0 Å². The molecule has 0 fully saturated rings. The average molecular weight is 160 g/mol. The fourth-order valence-corrected chi connectivity index (χ4v) is 1.04. The third kappa shape index (κ3) is 2.35. The largest absolute Gasteiger partial charge is 0.303 e. The summed E-state index contributed by atoms with van der Waals surface area (Å²) in [6.45, 7) is 2.01. The summed E-state index contributed by atoms with van der Waals surface area (Å²) < 4.78 is 0. The zero-order valence-electron chi connectivity index (χ0n) is 7.16. The molecule has 0 atom stereocenters. The van der Waals surface area contributed by atoms with Gasteiger partial charge in [0.1, 0.15) is 6.29 Å². The Labute approximate surface area is 72.7 Å². The number of rotatable bonds is 3. The number of carbonyl (C=O) groups is 1. The highest BCUT2D eigenvalue weighted by Crippen LogP contribution is 2.12. The van der Waals surface area contributed by atoms with Crippen LogP contribution < -0.4 is 0 Å². The molecule has 0 aliphatic carbocycles. The SMILES string of the molecule is C/C(=C\CC=O)c1ccccc1. The van der Waals surface area contributed by atoms with E-state index in [2.05, 4.69) is 0 Å². The lowest BCUT2D eigenvalue weighted by Crippen LogP contribution is -1.78. The number of aldehydes is 1. The number of carbonyl (C=O) groups excluding carboxylic acids is 1. The fourth-order valence-electron chi connectivity index (χ4n) is 1.04. The molecule has 0 radical (unpaired) electrons. The highest BCUT2D eigenvalue weighted by atomic mass is 16.1. The maximum atomic E-state index is 10.1. The Balaban J connectivity index is 2.77. The predicted molar refractivity (Wildman–Crippen MR) is 50.8 cm³/mol. The Morgan fingerprint density at radius 1 is 1.33 bits per heavy atom. The van der Waals surface area contributed by atoms with E-state index >= 15 is 0 Å². The molecular formula is C11H12O. The Bertz CT molecular complexity index is 272. The smallest absolute Gasteiger partial charge is 0.123 e. The molecule has 1 rings (SSSR count). The predicted octanol–water partition coefficient (Wildman–Crippen LogP) is 2.68. The van der Waals surface area contributed by atoms with Gasteiger partial charge >= 0.3 is 0 Å². The van der Waals surface area contributed by atoms with Crippen molar-refractivity contribution >= 4 is 11.9 Å². The Hall–Kier alpha value is -1.37. The molecule has 1 aromatic carbocycles. The first-order valence-corrected chi connectivity index (χ1v) is 4.00. The van der Waals surface area contributed by atoms with Gasteiger partial charge in [0, 0.05) is 6.42 Å². The van der Waals surface area contributed by atoms with Gasteiger partial charge < -0.3 is 4.79 Å². The number of hydrogen-bond acceptors (Lipinski definition) is 1. The molecule has 1 aromatic rings. The molecule has 62 valence electrons. The summed E-state index contributed by atoms with van der Waals surface area (Å²) in [4.78, 5) is 10.1. The molecule has 1 nitrogen and oxygen atoms in total. The lowest BCUT2D eigenvalue weighted by Gasteiger charge is -1.98. The van der Waals surface area contributed by atoms with Gasteiger partial charge in [0.05, 0.1) is 0 Å². The Kier molecular flexibility index (Phi) is 3.27. The third-order valence-corrected chi connectivity index (χ3v) is 1.75. The van der Waals surface area contributed by atoms with Crippen molar-refractivity contribution in [2.24, 2.45) is 0 Å². The number of hydrogen-bond donors (Lipinski definition) is 0. The van der Waals surface area contributed by atoms with Gasteiger partial charge in [-0.2, -0.15) is 0 Å². The first kappa shape index (κ1) is 8.72. The summed E-state index contributed by atoms with van der Waals surface area (Å²) in [6, 6.07) is 10.0. The quantitative estimate of drug-likeness (QED) is 0.621. The highest BCUT2D eigenvalue weighted by Gasteiger charge is 1.91. The van der Waals surface area contributed by atoms with Gasteiger partial charge in [0.15, 0.2) is 0 Å². The summed E-state index contributed by atoms with van der Waals surface area (Å²) in [5, 5.41) is 0. The second-order valence-corrected chi connectivity index (χ2v) is 2.66. The first-order chi connectivity index (χ1) is 5.84. The molecule has 0 amide bonds. The fraction of sp³-hybridized carbons (Fsp3) is 0.182. The Morgan fingerprint density at radius 2 is 2.00 bits per heavy atom. The summed E-state index contributed by atoms with van der Waals surface area (Å²) in [5.41, 5.74) is 2.34. The van der Waals surface area contributed by atoms with Crippen LogP contribution in [0.25, 0.3) is 5.57 Å². The normalized spacial score (nSPS) is 11.2. The average Bonchev–Trinajstić information content (AvgIpc) is 2.15. The lowest BCUT2D eigenvalue weighted by molar-refractivity contribution is -0.107. The van der Waals surface area contributed by atoms with E-state index in [9.17, 15) is 4.79 Å². The first-order valence-electron chi connectivity index (χ1n) is 4.00. The molecule has 0 bridgehead atoms. The number of benzene rings is 1.